The first-order valence-electron chi connectivity index (χ1n) is 6.35. The van der Waals surface area contributed by atoms with E-state index in [1.165, 1.54) is 0 Å². The Morgan fingerprint density at radius 3 is 2.76 bits per heavy atom. The second kappa shape index (κ2) is 5.33. The number of carbonyl (C=O) groups is 1. The van der Waals surface area contributed by atoms with Crippen molar-refractivity contribution in [3.05, 3.63) is 52.0 Å². The summed E-state index contributed by atoms with van der Waals surface area (Å²) in [6.45, 7) is 0. The first-order valence-corrected chi connectivity index (χ1v) is 7.14. The number of aromatic hydroxyl groups is 1. The van der Waals surface area contributed by atoms with E-state index < -0.39 is 5.92 Å². The number of halogens is 1. The molecule has 0 saturated carbocycles. The number of hydrogen-bond donors (Lipinski definition) is 1. The maximum Gasteiger partial charge on any atom is 0.177 e. The summed E-state index contributed by atoms with van der Waals surface area (Å²) in [5.74, 6) is 0.281. The summed E-state index contributed by atoms with van der Waals surface area (Å²) in [5, 5.41) is 9.55. The highest BCUT2D eigenvalue weighted by atomic mass is 79.9. The van der Waals surface area contributed by atoms with Crippen LogP contribution in [0.5, 0.6) is 11.5 Å². The van der Waals surface area contributed by atoms with Crippen molar-refractivity contribution >= 4 is 33.6 Å². The highest BCUT2D eigenvalue weighted by molar-refractivity contribution is 9.10. The molecule has 3 rings (SSSR count). The van der Waals surface area contributed by atoms with E-state index in [0.29, 0.717) is 21.5 Å². The van der Waals surface area contributed by atoms with Crippen LogP contribution in [-0.2, 0) is 0 Å². The Morgan fingerprint density at radius 1 is 1.24 bits per heavy atom. The van der Waals surface area contributed by atoms with Crippen LogP contribution in [0.25, 0.3) is 0 Å². The summed E-state index contributed by atoms with van der Waals surface area (Å²) < 4.78 is 5.71. The van der Waals surface area contributed by atoms with Crippen molar-refractivity contribution in [2.24, 2.45) is 4.99 Å². The predicted molar refractivity (Wildman–Crippen MR) is 84.0 cm³/mol. The van der Waals surface area contributed by atoms with E-state index in [1.807, 2.05) is 0 Å². The van der Waals surface area contributed by atoms with Crippen molar-refractivity contribution in [2.75, 3.05) is 7.11 Å². The Labute approximate surface area is 130 Å². The smallest absolute Gasteiger partial charge is 0.177 e. The van der Waals surface area contributed by atoms with Crippen LogP contribution in [0.2, 0.25) is 0 Å². The van der Waals surface area contributed by atoms with E-state index in [9.17, 15) is 9.90 Å². The lowest BCUT2D eigenvalue weighted by Gasteiger charge is -2.18. The molecule has 2 aromatic carbocycles. The van der Waals surface area contributed by atoms with Gasteiger partial charge in [0.2, 0.25) is 0 Å². The fourth-order valence-electron chi connectivity index (χ4n) is 2.30. The van der Waals surface area contributed by atoms with E-state index in [1.54, 1.807) is 49.7 Å². The number of Topliss-reactive ketones (excluding diaryl/α,β-unsaturated/α-hetero) is 1. The van der Waals surface area contributed by atoms with Crippen LogP contribution in [-0.4, -0.2) is 24.2 Å². The van der Waals surface area contributed by atoms with Gasteiger partial charge in [0.25, 0.3) is 0 Å². The Morgan fingerprint density at radius 2 is 2.05 bits per heavy atom. The average molecular weight is 346 g/mol. The maximum absolute atomic E-state index is 12.7. The fraction of sp³-hybridized carbons (Fsp3) is 0.125. The minimum atomic E-state index is -0.457. The molecule has 1 heterocycles. The third kappa shape index (κ3) is 2.45. The summed E-state index contributed by atoms with van der Waals surface area (Å²) in [4.78, 5) is 17.0. The van der Waals surface area contributed by atoms with Crippen molar-refractivity contribution in [1.29, 1.82) is 0 Å². The van der Waals surface area contributed by atoms with Crippen LogP contribution < -0.4 is 4.74 Å². The fourth-order valence-corrected chi connectivity index (χ4v) is 2.69. The predicted octanol–water partition coefficient (Wildman–Crippen LogP) is 3.85. The number of rotatable bonds is 2. The molecule has 1 atom stereocenters. The van der Waals surface area contributed by atoms with Gasteiger partial charge in [0, 0.05) is 11.8 Å². The van der Waals surface area contributed by atoms with Crippen molar-refractivity contribution in [3.8, 4) is 11.5 Å². The average Bonchev–Trinajstić information content (AvgIpc) is 2.50. The van der Waals surface area contributed by atoms with Gasteiger partial charge in [-0.15, -0.1) is 0 Å². The molecule has 1 N–H and O–H groups in total. The molecule has 0 saturated heterocycles. The zero-order valence-electron chi connectivity index (χ0n) is 11.2. The van der Waals surface area contributed by atoms with Gasteiger partial charge in [-0.3, -0.25) is 9.79 Å². The first kappa shape index (κ1) is 13.8. The summed E-state index contributed by atoms with van der Waals surface area (Å²) in [7, 11) is 1.56. The third-order valence-electron chi connectivity index (χ3n) is 3.45. The number of nitrogens with zero attached hydrogens (tertiary/aromatic N) is 1. The van der Waals surface area contributed by atoms with Gasteiger partial charge in [0.05, 0.1) is 23.2 Å². The number of ether oxygens (including phenoxy) is 1. The Balaban J connectivity index is 2.03. The number of phenolic OH excluding ortho intramolecular Hbond substituents is 1. The van der Waals surface area contributed by atoms with Gasteiger partial charge in [0.1, 0.15) is 11.5 Å². The highest BCUT2D eigenvalue weighted by Gasteiger charge is 2.27. The van der Waals surface area contributed by atoms with Gasteiger partial charge in [0.15, 0.2) is 5.78 Å². The second-order valence-electron chi connectivity index (χ2n) is 4.71. The normalized spacial score (nSPS) is 16.7. The van der Waals surface area contributed by atoms with E-state index in [4.69, 9.17) is 4.74 Å². The van der Waals surface area contributed by atoms with Crippen LogP contribution in [0.15, 0.2) is 45.9 Å². The summed E-state index contributed by atoms with van der Waals surface area (Å²) in [6.07, 6.45) is 1.63. The molecule has 0 spiro atoms. The number of aliphatic imine (C=N–C) groups is 1. The second-order valence-corrected chi connectivity index (χ2v) is 5.57. The lowest BCUT2D eigenvalue weighted by Crippen LogP contribution is -2.17. The topological polar surface area (TPSA) is 58.9 Å². The number of ketones is 1. The van der Waals surface area contributed by atoms with Gasteiger partial charge >= 0.3 is 0 Å². The molecule has 1 aliphatic heterocycles. The van der Waals surface area contributed by atoms with E-state index in [0.717, 1.165) is 5.56 Å². The molecular formula is C16H12BrNO3. The summed E-state index contributed by atoms with van der Waals surface area (Å²) in [6, 6.07) is 10.3. The van der Waals surface area contributed by atoms with Crippen LogP contribution in [0.1, 0.15) is 21.8 Å². The van der Waals surface area contributed by atoms with Crippen LogP contribution in [0.4, 0.5) is 5.69 Å². The first-order chi connectivity index (χ1) is 10.1. The largest absolute Gasteiger partial charge is 0.507 e. The van der Waals surface area contributed by atoms with E-state index in [-0.39, 0.29) is 11.5 Å². The van der Waals surface area contributed by atoms with E-state index in [2.05, 4.69) is 20.9 Å². The van der Waals surface area contributed by atoms with Crippen LogP contribution in [0.3, 0.4) is 0 Å². The Kier molecular flexibility index (Phi) is 3.51. The number of benzene rings is 2. The molecule has 1 unspecified atom stereocenters. The zero-order chi connectivity index (χ0) is 15.0. The molecule has 0 amide bonds. The molecule has 4 nitrogen and oxygen atoms in total. The maximum atomic E-state index is 12.7. The quantitative estimate of drug-likeness (QED) is 0.899. The molecule has 21 heavy (non-hydrogen) atoms. The third-order valence-corrected chi connectivity index (χ3v) is 4.08. The minimum Gasteiger partial charge on any atom is -0.507 e. The summed E-state index contributed by atoms with van der Waals surface area (Å²) in [5.41, 5.74) is 1.97. The van der Waals surface area contributed by atoms with Crippen molar-refractivity contribution in [3.63, 3.8) is 0 Å². The minimum absolute atomic E-state index is 0.0310. The lowest BCUT2D eigenvalue weighted by atomic mass is 9.89. The summed E-state index contributed by atoms with van der Waals surface area (Å²) >= 11 is 3.26. The van der Waals surface area contributed by atoms with E-state index >= 15 is 0 Å². The van der Waals surface area contributed by atoms with Crippen molar-refractivity contribution < 1.29 is 14.6 Å². The van der Waals surface area contributed by atoms with Crippen LogP contribution >= 0.6 is 15.9 Å². The SMILES string of the molecule is COc1ccc2c(c1)C(=O)C(c1ccc(O)c(Br)c1)C=N2. The number of phenols is 1. The van der Waals surface area contributed by atoms with Crippen molar-refractivity contribution in [1.82, 2.24) is 0 Å². The molecule has 0 aliphatic carbocycles. The van der Waals surface area contributed by atoms with Gasteiger partial charge < -0.3 is 9.84 Å². The highest BCUT2D eigenvalue weighted by Crippen LogP contribution is 2.35. The van der Waals surface area contributed by atoms with Crippen LogP contribution in [0, 0.1) is 0 Å². The Bertz CT molecular complexity index is 755. The molecule has 0 radical (unpaired) electrons. The molecule has 106 valence electrons. The molecule has 0 bridgehead atoms. The van der Waals surface area contributed by atoms with Gasteiger partial charge in [-0.2, -0.15) is 0 Å². The number of fused-ring (bicyclic) bond motifs is 1. The lowest BCUT2D eigenvalue weighted by molar-refractivity contribution is 0.0982. The van der Waals surface area contributed by atoms with Gasteiger partial charge in [-0.05, 0) is 51.8 Å². The molecular weight excluding hydrogens is 334 g/mol. The monoisotopic (exact) mass is 345 g/mol. The number of hydrogen-bond acceptors (Lipinski definition) is 4. The molecule has 2 aromatic rings. The van der Waals surface area contributed by atoms with Gasteiger partial charge in [-0.25, -0.2) is 0 Å². The molecule has 5 heteroatoms. The Hall–Kier alpha value is -2.14. The molecule has 1 aliphatic rings. The number of carbonyl (C=O) groups excluding carboxylic acids is 1. The molecule has 0 aromatic heterocycles. The number of methoxy groups -OCH3 is 1. The van der Waals surface area contributed by atoms with Gasteiger partial charge in [-0.1, -0.05) is 6.07 Å². The standard InChI is InChI=1S/C16H12BrNO3/c1-21-10-3-4-14-11(7-10)16(20)12(8-18-14)9-2-5-15(19)13(17)6-9/h2-8,12,19H,1H3. The molecule has 0 fully saturated rings. The van der Waals surface area contributed by atoms with Crippen molar-refractivity contribution in [2.45, 2.75) is 5.92 Å². The zero-order valence-corrected chi connectivity index (χ0v) is 12.8.